The van der Waals surface area contributed by atoms with Crippen molar-refractivity contribution in [2.24, 2.45) is 0 Å². The molecule has 0 atom stereocenters. The number of hydrogen-bond donors (Lipinski definition) is 1. The van der Waals surface area contributed by atoms with Gasteiger partial charge in [0.2, 0.25) is 0 Å². The van der Waals surface area contributed by atoms with Crippen LogP contribution in [0.2, 0.25) is 0 Å². The Kier molecular flexibility index (Phi) is 3.95. The molecular formula is C9H8N2O2S. The molecule has 14 heavy (non-hydrogen) atoms. The maximum absolute atomic E-state index is 10.6. The average Bonchev–Trinajstić information content (AvgIpc) is 2.15. The zero-order chi connectivity index (χ0) is 10.4. The van der Waals surface area contributed by atoms with E-state index in [0.717, 1.165) is 11.8 Å². The summed E-state index contributed by atoms with van der Waals surface area (Å²) in [6.07, 6.45) is 0. The van der Waals surface area contributed by atoms with Gasteiger partial charge in [-0.1, -0.05) is 17.7 Å². The van der Waals surface area contributed by atoms with E-state index >= 15 is 0 Å². The van der Waals surface area contributed by atoms with E-state index in [1.807, 2.05) is 0 Å². The van der Waals surface area contributed by atoms with Crippen molar-refractivity contribution < 1.29 is 4.79 Å². The van der Waals surface area contributed by atoms with Gasteiger partial charge in [-0.05, 0) is 12.0 Å². The second-order valence-electron chi connectivity index (χ2n) is 2.39. The van der Waals surface area contributed by atoms with Crippen molar-refractivity contribution in [1.29, 1.82) is 0 Å². The van der Waals surface area contributed by atoms with E-state index in [1.54, 1.807) is 0 Å². The first-order valence-corrected chi connectivity index (χ1v) is 4.85. The minimum atomic E-state index is -0.256. The van der Waals surface area contributed by atoms with Crippen molar-refractivity contribution >= 4 is 16.9 Å². The second-order valence-corrected chi connectivity index (χ2v) is 3.54. The number of nitrogens with one attached hydrogen (secondary N) is 1. The Bertz CT molecular complexity index is 422. The third-order valence-electron chi connectivity index (χ3n) is 1.24. The zero-order valence-electron chi connectivity index (χ0n) is 7.53. The van der Waals surface area contributed by atoms with Crippen molar-refractivity contribution in [3.05, 3.63) is 28.2 Å². The van der Waals surface area contributed by atoms with E-state index in [2.05, 4.69) is 22.0 Å². The Labute approximate surface area is 85.1 Å². The Balaban J connectivity index is 2.55. The number of rotatable bonds is 1. The van der Waals surface area contributed by atoms with Crippen LogP contribution in [0.4, 0.5) is 0 Å². The highest BCUT2D eigenvalue weighted by Gasteiger charge is 1.90. The maximum atomic E-state index is 10.6. The van der Waals surface area contributed by atoms with Crippen LogP contribution in [0.1, 0.15) is 12.6 Å². The first-order valence-electron chi connectivity index (χ1n) is 3.86. The van der Waals surface area contributed by atoms with Crippen LogP contribution in [0.25, 0.3) is 0 Å². The molecular weight excluding hydrogens is 200 g/mol. The van der Waals surface area contributed by atoms with Crippen molar-refractivity contribution in [1.82, 2.24) is 10.2 Å². The molecule has 0 aliphatic carbocycles. The Morgan fingerprint density at radius 2 is 2.43 bits per heavy atom. The number of hydrogen-bond acceptors (Lipinski definition) is 4. The lowest BCUT2D eigenvalue weighted by Gasteiger charge is -1.86. The van der Waals surface area contributed by atoms with Gasteiger partial charge in [0, 0.05) is 13.0 Å². The molecule has 1 heterocycles. The maximum Gasteiger partial charge on any atom is 0.264 e. The molecule has 0 spiro atoms. The third kappa shape index (κ3) is 3.92. The summed E-state index contributed by atoms with van der Waals surface area (Å²) in [7, 11) is 0. The van der Waals surface area contributed by atoms with Crippen LogP contribution in [-0.4, -0.2) is 21.1 Å². The van der Waals surface area contributed by atoms with Crippen molar-refractivity contribution in [2.75, 3.05) is 5.75 Å². The average molecular weight is 208 g/mol. The molecule has 1 rings (SSSR count). The minimum absolute atomic E-state index is 0.0359. The van der Waals surface area contributed by atoms with E-state index in [0.29, 0.717) is 11.4 Å². The Morgan fingerprint density at radius 3 is 3.00 bits per heavy atom. The van der Waals surface area contributed by atoms with Gasteiger partial charge >= 0.3 is 0 Å². The summed E-state index contributed by atoms with van der Waals surface area (Å²) in [6.45, 7) is 1.49. The summed E-state index contributed by atoms with van der Waals surface area (Å²) in [5.74, 6) is 5.92. The number of carbonyl (C=O) groups is 1. The van der Waals surface area contributed by atoms with Gasteiger partial charge in [0.05, 0.1) is 5.75 Å². The van der Waals surface area contributed by atoms with Crippen molar-refractivity contribution in [3.63, 3.8) is 0 Å². The first-order chi connectivity index (χ1) is 6.68. The molecule has 0 aromatic carbocycles. The molecule has 0 saturated heterocycles. The number of aromatic amines is 1. The number of thioether (sulfide) groups is 1. The third-order valence-corrected chi connectivity index (χ3v) is 1.94. The second kappa shape index (κ2) is 5.25. The highest BCUT2D eigenvalue weighted by molar-refractivity contribution is 8.13. The van der Waals surface area contributed by atoms with Crippen LogP contribution in [0, 0.1) is 11.8 Å². The molecule has 72 valence electrons. The van der Waals surface area contributed by atoms with Crippen molar-refractivity contribution in [3.8, 4) is 11.8 Å². The number of aromatic nitrogens is 2. The van der Waals surface area contributed by atoms with Gasteiger partial charge < -0.3 is 0 Å². The summed E-state index contributed by atoms with van der Waals surface area (Å²) >= 11 is 1.14. The number of H-pyrrole nitrogens is 1. The van der Waals surface area contributed by atoms with Crippen LogP contribution in [0.15, 0.2) is 16.9 Å². The fourth-order valence-corrected chi connectivity index (χ4v) is 1.03. The molecule has 0 fully saturated rings. The van der Waals surface area contributed by atoms with E-state index in [9.17, 15) is 9.59 Å². The summed E-state index contributed by atoms with van der Waals surface area (Å²) in [4.78, 5) is 21.2. The van der Waals surface area contributed by atoms with E-state index < -0.39 is 0 Å². The fraction of sp³-hybridized carbons (Fsp3) is 0.222. The molecule has 4 nitrogen and oxygen atoms in total. The fourth-order valence-electron chi connectivity index (χ4n) is 0.678. The molecule has 1 aromatic rings. The minimum Gasteiger partial charge on any atom is -0.288 e. The highest BCUT2D eigenvalue weighted by Crippen LogP contribution is 1.98. The summed E-state index contributed by atoms with van der Waals surface area (Å²) in [5.41, 5.74) is 0.238. The first kappa shape index (κ1) is 10.5. The van der Waals surface area contributed by atoms with Gasteiger partial charge in [-0.15, -0.1) is 0 Å². The summed E-state index contributed by atoms with van der Waals surface area (Å²) in [5, 5.41) is 5.99. The Hall–Kier alpha value is -1.54. The normalized spacial score (nSPS) is 8.93. The van der Waals surface area contributed by atoms with Crippen LogP contribution in [0.3, 0.4) is 0 Å². The smallest absolute Gasteiger partial charge is 0.264 e. The van der Waals surface area contributed by atoms with Gasteiger partial charge in [-0.25, -0.2) is 5.10 Å². The zero-order valence-corrected chi connectivity index (χ0v) is 8.35. The standard InChI is InChI=1S/C9H8N2O2S/c1-7(12)14-6-2-3-8-4-5-9(13)11-10-8/h4-5H,6H2,1H3,(H,11,13). The SMILES string of the molecule is CC(=O)SCC#Cc1ccc(=O)[nH]n1. The highest BCUT2D eigenvalue weighted by atomic mass is 32.2. The van der Waals surface area contributed by atoms with E-state index in [1.165, 1.54) is 19.1 Å². The van der Waals surface area contributed by atoms with Crippen LogP contribution >= 0.6 is 11.8 Å². The number of nitrogens with zero attached hydrogens (tertiary/aromatic N) is 1. The molecule has 0 unspecified atom stereocenters. The molecule has 0 saturated carbocycles. The lowest BCUT2D eigenvalue weighted by molar-refractivity contribution is -0.109. The van der Waals surface area contributed by atoms with E-state index in [-0.39, 0.29) is 10.7 Å². The molecule has 0 aliphatic rings. The Morgan fingerprint density at radius 1 is 1.64 bits per heavy atom. The van der Waals surface area contributed by atoms with Crippen LogP contribution in [-0.2, 0) is 4.79 Å². The molecule has 1 aromatic heterocycles. The molecule has 0 aliphatic heterocycles. The lowest BCUT2D eigenvalue weighted by atomic mass is 10.4. The topological polar surface area (TPSA) is 62.8 Å². The molecule has 0 amide bonds. The summed E-state index contributed by atoms with van der Waals surface area (Å²) < 4.78 is 0. The van der Waals surface area contributed by atoms with Gasteiger partial charge in [0.15, 0.2) is 5.12 Å². The monoisotopic (exact) mass is 208 g/mol. The predicted molar refractivity (Wildman–Crippen MR) is 54.9 cm³/mol. The van der Waals surface area contributed by atoms with Crippen molar-refractivity contribution in [2.45, 2.75) is 6.92 Å². The molecule has 5 heteroatoms. The van der Waals surface area contributed by atoms with Gasteiger partial charge in [-0.2, -0.15) is 5.10 Å². The van der Waals surface area contributed by atoms with Crippen LogP contribution in [0.5, 0.6) is 0 Å². The molecule has 1 N–H and O–H groups in total. The quantitative estimate of drug-likeness (QED) is 0.679. The number of carbonyl (C=O) groups excluding carboxylic acids is 1. The van der Waals surface area contributed by atoms with Gasteiger partial charge in [0.25, 0.3) is 5.56 Å². The molecule has 0 bridgehead atoms. The van der Waals surface area contributed by atoms with Gasteiger partial charge in [0.1, 0.15) is 5.69 Å². The summed E-state index contributed by atoms with van der Waals surface area (Å²) in [6, 6.07) is 2.89. The molecule has 0 radical (unpaired) electrons. The lowest BCUT2D eigenvalue weighted by Crippen LogP contribution is -2.05. The van der Waals surface area contributed by atoms with Crippen LogP contribution < -0.4 is 5.56 Å². The predicted octanol–water partition coefficient (Wildman–Crippen LogP) is 0.401. The van der Waals surface area contributed by atoms with E-state index in [4.69, 9.17) is 0 Å². The largest absolute Gasteiger partial charge is 0.288 e. The van der Waals surface area contributed by atoms with Gasteiger partial charge in [-0.3, -0.25) is 9.59 Å².